The van der Waals surface area contributed by atoms with Gasteiger partial charge in [0.25, 0.3) is 0 Å². The molecule has 2 heteroatoms. The summed E-state index contributed by atoms with van der Waals surface area (Å²) in [6, 6.07) is 2.40. The summed E-state index contributed by atoms with van der Waals surface area (Å²) in [4.78, 5) is 0.144. The van der Waals surface area contributed by atoms with Crippen LogP contribution in [0.1, 0.15) is 44.9 Å². The van der Waals surface area contributed by atoms with Gasteiger partial charge in [0, 0.05) is 10.4 Å². The quantitative estimate of drug-likeness (QED) is 0.604. The minimum absolute atomic E-state index is 0.144. The fourth-order valence-electron chi connectivity index (χ4n) is 3.60. The average Bonchev–Trinajstić information content (AvgIpc) is 2.11. The SMILES string of the molecule is N#CC1=C(C23CC(Cl)(C2)C3)CCCC1. The van der Waals surface area contributed by atoms with Gasteiger partial charge in [-0.15, -0.1) is 11.6 Å². The number of allylic oxidation sites excluding steroid dienone is 2. The number of nitriles is 1. The lowest BCUT2D eigenvalue weighted by Crippen LogP contribution is -2.64. The molecule has 14 heavy (non-hydrogen) atoms. The molecule has 3 fully saturated rings. The van der Waals surface area contributed by atoms with Crippen LogP contribution in [0.4, 0.5) is 0 Å². The van der Waals surface area contributed by atoms with Crippen molar-refractivity contribution in [1.82, 2.24) is 0 Å². The van der Waals surface area contributed by atoms with Gasteiger partial charge < -0.3 is 0 Å². The first-order chi connectivity index (χ1) is 6.68. The molecule has 0 atom stereocenters. The van der Waals surface area contributed by atoms with Crippen LogP contribution in [-0.2, 0) is 0 Å². The second-order valence-corrected chi connectivity index (χ2v) is 6.04. The van der Waals surface area contributed by atoms with Crippen LogP contribution in [0.25, 0.3) is 0 Å². The van der Waals surface area contributed by atoms with E-state index in [2.05, 4.69) is 6.07 Å². The molecular weight excluding hydrogens is 194 g/mol. The maximum atomic E-state index is 9.09. The maximum Gasteiger partial charge on any atom is 0.0946 e. The largest absolute Gasteiger partial charge is 0.193 e. The Labute approximate surface area is 89.7 Å². The van der Waals surface area contributed by atoms with Gasteiger partial charge in [0.2, 0.25) is 0 Å². The Balaban J connectivity index is 1.91. The predicted octanol–water partition coefficient (Wildman–Crippen LogP) is 3.54. The lowest BCUT2D eigenvalue weighted by molar-refractivity contribution is -0.0483. The zero-order chi connectivity index (χ0) is 9.81. The third-order valence-electron chi connectivity index (χ3n) is 4.21. The van der Waals surface area contributed by atoms with Gasteiger partial charge in [-0.3, -0.25) is 0 Å². The molecule has 0 saturated heterocycles. The molecule has 0 heterocycles. The summed E-state index contributed by atoms with van der Waals surface area (Å²) in [5.74, 6) is 0. The first-order valence-electron chi connectivity index (χ1n) is 5.49. The lowest BCUT2D eigenvalue weighted by atomic mass is 9.40. The number of nitrogens with zero attached hydrogens (tertiary/aromatic N) is 1. The van der Waals surface area contributed by atoms with Crippen LogP contribution >= 0.6 is 11.6 Å². The lowest BCUT2D eigenvalue weighted by Gasteiger charge is -2.69. The molecule has 0 N–H and O–H groups in total. The van der Waals surface area contributed by atoms with Crippen LogP contribution in [0.5, 0.6) is 0 Å². The second-order valence-electron chi connectivity index (χ2n) is 5.24. The molecule has 4 rings (SSSR count). The van der Waals surface area contributed by atoms with Crippen molar-refractivity contribution < 1.29 is 0 Å². The van der Waals surface area contributed by atoms with Gasteiger partial charge in [-0.1, -0.05) is 5.57 Å². The van der Waals surface area contributed by atoms with Crippen LogP contribution < -0.4 is 0 Å². The zero-order valence-electron chi connectivity index (χ0n) is 8.27. The van der Waals surface area contributed by atoms with Gasteiger partial charge in [0.05, 0.1) is 6.07 Å². The molecule has 0 amide bonds. The molecular formula is C12H14ClN. The molecule has 0 aromatic rings. The highest BCUT2D eigenvalue weighted by Gasteiger charge is 2.68. The minimum atomic E-state index is 0.144. The van der Waals surface area contributed by atoms with Crippen LogP contribution in [0.2, 0.25) is 0 Å². The molecule has 0 unspecified atom stereocenters. The van der Waals surface area contributed by atoms with E-state index in [0.717, 1.165) is 37.7 Å². The number of rotatable bonds is 1. The standard InChI is InChI=1S/C12H14ClN/c13-12-6-11(7-12,8-12)10-4-2-1-3-9(10)5-14/h1-4,6-8H2. The molecule has 0 spiro atoms. The van der Waals surface area contributed by atoms with E-state index in [9.17, 15) is 0 Å². The Hall–Kier alpha value is -0.480. The fraction of sp³-hybridized carbons (Fsp3) is 0.750. The third kappa shape index (κ3) is 0.956. The number of alkyl halides is 1. The van der Waals surface area contributed by atoms with Gasteiger partial charge in [0.15, 0.2) is 0 Å². The van der Waals surface area contributed by atoms with Crippen molar-refractivity contribution in [1.29, 1.82) is 5.26 Å². The van der Waals surface area contributed by atoms with Crippen molar-refractivity contribution in [3.8, 4) is 6.07 Å². The molecule has 0 aromatic carbocycles. The summed E-state index contributed by atoms with van der Waals surface area (Å²) >= 11 is 6.26. The number of halogens is 1. The molecule has 1 nitrogen and oxygen atoms in total. The summed E-state index contributed by atoms with van der Waals surface area (Å²) in [7, 11) is 0. The summed E-state index contributed by atoms with van der Waals surface area (Å²) in [5, 5.41) is 9.09. The van der Waals surface area contributed by atoms with Crippen LogP contribution in [0, 0.1) is 16.7 Å². The van der Waals surface area contributed by atoms with Crippen molar-refractivity contribution in [3.05, 3.63) is 11.1 Å². The normalized spacial score (nSPS) is 45.1. The molecule has 0 aromatic heterocycles. The summed E-state index contributed by atoms with van der Waals surface area (Å²) in [6.45, 7) is 0. The van der Waals surface area contributed by atoms with Crippen LogP contribution in [0.15, 0.2) is 11.1 Å². The maximum absolute atomic E-state index is 9.09. The highest BCUT2D eigenvalue weighted by atomic mass is 35.5. The number of hydrogen-bond donors (Lipinski definition) is 0. The first kappa shape index (κ1) is 8.80. The monoisotopic (exact) mass is 207 g/mol. The topological polar surface area (TPSA) is 23.8 Å². The second kappa shape index (κ2) is 2.55. The van der Waals surface area contributed by atoms with E-state index in [1.54, 1.807) is 0 Å². The van der Waals surface area contributed by atoms with E-state index in [4.69, 9.17) is 16.9 Å². The van der Waals surface area contributed by atoms with Gasteiger partial charge in [-0.25, -0.2) is 0 Å². The van der Waals surface area contributed by atoms with Gasteiger partial charge in [-0.2, -0.15) is 5.26 Å². The molecule has 2 bridgehead atoms. The highest BCUT2D eigenvalue weighted by Crippen LogP contribution is 2.75. The van der Waals surface area contributed by atoms with Crippen LogP contribution in [-0.4, -0.2) is 4.87 Å². The van der Waals surface area contributed by atoms with Crippen LogP contribution in [0.3, 0.4) is 0 Å². The van der Waals surface area contributed by atoms with Gasteiger partial charge >= 0.3 is 0 Å². The van der Waals surface area contributed by atoms with E-state index in [0.29, 0.717) is 5.41 Å². The van der Waals surface area contributed by atoms with Gasteiger partial charge in [0.1, 0.15) is 0 Å². The highest BCUT2D eigenvalue weighted by molar-refractivity contribution is 6.26. The molecule has 74 valence electrons. The summed E-state index contributed by atoms with van der Waals surface area (Å²) in [6.07, 6.45) is 8.08. The third-order valence-corrected chi connectivity index (χ3v) is 4.61. The Morgan fingerprint density at radius 1 is 1.14 bits per heavy atom. The summed E-state index contributed by atoms with van der Waals surface area (Å²) < 4.78 is 0. The average molecular weight is 208 g/mol. The van der Waals surface area contributed by atoms with E-state index in [1.165, 1.54) is 18.4 Å². The van der Waals surface area contributed by atoms with E-state index < -0.39 is 0 Å². The smallest absolute Gasteiger partial charge is 0.0946 e. The minimum Gasteiger partial charge on any atom is -0.193 e. The fourth-order valence-corrected chi connectivity index (χ4v) is 4.37. The number of hydrogen-bond acceptors (Lipinski definition) is 1. The Kier molecular flexibility index (Phi) is 1.60. The van der Waals surface area contributed by atoms with Crippen molar-refractivity contribution in [2.75, 3.05) is 0 Å². The van der Waals surface area contributed by atoms with E-state index in [1.807, 2.05) is 0 Å². The van der Waals surface area contributed by atoms with E-state index in [-0.39, 0.29) is 4.87 Å². The molecule has 4 aliphatic rings. The molecule has 0 aliphatic heterocycles. The van der Waals surface area contributed by atoms with Gasteiger partial charge in [-0.05, 0) is 50.4 Å². The van der Waals surface area contributed by atoms with Crippen molar-refractivity contribution in [2.45, 2.75) is 49.8 Å². The van der Waals surface area contributed by atoms with E-state index >= 15 is 0 Å². The van der Waals surface area contributed by atoms with Crippen molar-refractivity contribution in [2.24, 2.45) is 5.41 Å². The van der Waals surface area contributed by atoms with Crippen molar-refractivity contribution >= 4 is 11.6 Å². The first-order valence-corrected chi connectivity index (χ1v) is 5.87. The molecule has 3 saturated carbocycles. The van der Waals surface area contributed by atoms with Crippen molar-refractivity contribution in [3.63, 3.8) is 0 Å². The predicted molar refractivity (Wildman–Crippen MR) is 56.0 cm³/mol. The Morgan fingerprint density at radius 2 is 1.79 bits per heavy atom. The Morgan fingerprint density at radius 3 is 2.36 bits per heavy atom. The zero-order valence-corrected chi connectivity index (χ0v) is 9.03. The molecule has 4 aliphatic carbocycles. The Bertz CT molecular complexity index is 341. The summed E-state index contributed by atoms with van der Waals surface area (Å²) in [5.41, 5.74) is 2.97. The molecule has 0 radical (unpaired) electrons.